The van der Waals surface area contributed by atoms with Crippen molar-refractivity contribution in [3.05, 3.63) is 36.1 Å². The molecule has 0 spiro atoms. The molecule has 0 unspecified atom stereocenters. The Hall–Kier alpha value is -1.28. The van der Waals surface area contributed by atoms with Crippen molar-refractivity contribution in [2.75, 3.05) is 6.54 Å². The van der Waals surface area contributed by atoms with Crippen molar-refractivity contribution in [2.24, 2.45) is 5.92 Å². The van der Waals surface area contributed by atoms with Gasteiger partial charge < -0.3 is 9.73 Å². The van der Waals surface area contributed by atoms with Crippen molar-refractivity contribution < 1.29 is 4.42 Å². The van der Waals surface area contributed by atoms with Crippen molar-refractivity contribution in [1.82, 2.24) is 5.32 Å². The van der Waals surface area contributed by atoms with Gasteiger partial charge in [-0.15, -0.1) is 0 Å². The lowest BCUT2D eigenvalue weighted by Crippen LogP contribution is -2.20. The summed E-state index contributed by atoms with van der Waals surface area (Å²) in [6.07, 6.45) is 7.52. The van der Waals surface area contributed by atoms with Crippen molar-refractivity contribution in [3.63, 3.8) is 0 Å². The maximum atomic E-state index is 5.53. The van der Waals surface area contributed by atoms with Gasteiger partial charge in [-0.05, 0) is 31.4 Å². The summed E-state index contributed by atoms with van der Waals surface area (Å²) in [6, 6.07) is 8.24. The first kappa shape index (κ1) is 10.8. The number of hydrogen-bond donors (Lipinski definition) is 1. The summed E-state index contributed by atoms with van der Waals surface area (Å²) in [4.78, 5) is 0. The van der Waals surface area contributed by atoms with Gasteiger partial charge in [0.15, 0.2) is 0 Å². The van der Waals surface area contributed by atoms with E-state index < -0.39 is 0 Å². The van der Waals surface area contributed by atoms with Crippen LogP contribution in [0.1, 0.15) is 31.2 Å². The van der Waals surface area contributed by atoms with E-state index >= 15 is 0 Å². The molecule has 90 valence electrons. The third-order valence-electron chi connectivity index (χ3n) is 3.78. The molecule has 2 nitrogen and oxygen atoms in total. The molecule has 1 saturated carbocycles. The summed E-state index contributed by atoms with van der Waals surface area (Å²) < 4.78 is 5.53. The number of rotatable bonds is 4. The van der Waals surface area contributed by atoms with E-state index in [-0.39, 0.29) is 0 Å². The third kappa shape index (κ3) is 2.37. The number of nitrogens with one attached hydrogen (secondary N) is 1. The second kappa shape index (κ2) is 4.92. The van der Waals surface area contributed by atoms with Crippen molar-refractivity contribution in [2.45, 2.75) is 32.2 Å². The number of fused-ring (bicyclic) bond motifs is 1. The first-order chi connectivity index (χ1) is 8.43. The average Bonchev–Trinajstić information content (AvgIpc) is 2.99. The fraction of sp³-hybridized carbons (Fsp3) is 0.467. The van der Waals surface area contributed by atoms with Crippen LogP contribution in [0.5, 0.6) is 0 Å². The van der Waals surface area contributed by atoms with Crippen LogP contribution in [0.2, 0.25) is 0 Å². The maximum absolute atomic E-state index is 5.53. The van der Waals surface area contributed by atoms with E-state index in [2.05, 4.69) is 17.4 Å². The first-order valence-electron chi connectivity index (χ1n) is 6.59. The Bertz CT molecular complexity index is 482. The van der Waals surface area contributed by atoms with Crippen LogP contribution in [0.15, 0.2) is 34.9 Å². The van der Waals surface area contributed by atoms with E-state index in [1.54, 1.807) is 0 Å². The lowest BCUT2D eigenvalue weighted by atomic mass is 10.1. The predicted molar refractivity (Wildman–Crippen MR) is 69.9 cm³/mol. The summed E-state index contributed by atoms with van der Waals surface area (Å²) in [6.45, 7) is 2.08. The molecule has 0 saturated heterocycles. The van der Waals surface area contributed by atoms with E-state index in [0.29, 0.717) is 0 Å². The Balaban J connectivity index is 1.60. The van der Waals surface area contributed by atoms with Crippen molar-refractivity contribution >= 4 is 11.0 Å². The molecule has 3 rings (SSSR count). The molecule has 1 aromatic carbocycles. The monoisotopic (exact) mass is 229 g/mol. The molecule has 17 heavy (non-hydrogen) atoms. The van der Waals surface area contributed by atoms with Crippen LogP contribution < -0.4 is 5.32 Å². The van der Waals surface area contributed by atoms with Crippen LogP contribution in [0.25, 0.3) is 11.0 Å². The Labute approximate surface area is 102 Å². The van der Waals surface area contributed by atoms with Crippen LogP contribution in [-0.2, 0) is 6.54 Å². The molecule has 1 aliphatic carbocycles. The SMILES string of the molecule is c1ccc2c(CNCC3CCCC3)coc2c1. The Morgan fingerprint density at radius 2 is 2.00 bits per heavy atom. The van der Waals surface area contributed by atoms with Gasteiger partial charge in [-0.2, -0.15) is 0 Å². The van der Waals surface area contributed by atoms with Crippen LogP contribution in [0.3, 0.4) is 0 Å². The zero-order valence-electron chi connectivity index (χ0n) is 10.1. The van der Waals surface area contributed by atoms with Crippen molar-refractivity contribution in [3.8, 4) is 0 Å². The molecule has 1 fully saturated rings. The molecule has 0 atom stereocenters. The molecule has 0 aliphatic heterocycles. The average molecular weight is 229 g/mol. The molecule has 1 N–H and O–H groups in total. The third-order valence-corrected chi connectivity index (χ3v) is 3.78. The number of furan rings is 1. The molecule has 0 bridgehead atoms. The van der Waals surface area contributed by atoms with E-state index in [1.807, 2.05) is 18.4 Å². The van der Waals surface area contributed by atoms with Gasteiger partial charge in [0.05, 0.1) is 6.26 Å². The topological polar surface area (TPSA) is 25.2 Å². The smallest absolute Gasteiger partial charge is 0.134 e. The van der Waals surface area contributed by atoms with Crippen LogP contribution >= 0.6 is 0 Å². The van der Waals surface area contributed by atoms with E-state index in [9.17, 15) is 0 Å². The Morgan fingerprint density at radius 1 is 1.18 bits per heavy atom. The highest BCUT2D eigenvalue weighted by Gasteiger charge is 2.14. The molecule has 1 aromatic heterocycles. The highest BCUT2D eigenvalue weighted by molar-refractivity contribution is 5.80. The Morgan fingerprint density at radius 3 is 2.88 bits per heavy atom. The summed E-state index contributed by atoms with van der Waals surface area (Å²) in [5, 5.41) is 4.80. The highest BCUT2D eigenvalue weighted by atomic mass is 16.3. The lowest BCUT2D eigenvalue weighted by molar-refractivity contribution is 0.488. The molecule has 1 heterocycles. The molecular weight excluding hydrogens is 210 g/mol. The molecule has 0 amide bonds. The normalized spacial score (nSPS) is 16.9. The quantitative estimate of drug-likeness (QED) is 0.864. The zero-order chi connectivity index (χ0) is 11.5. The second-order valence-corrected chi connectivity index (χ2v) is 5.04. The standard InChI is InChI=1S/C15H19NO/c1-2-6-12(5-1)9-16-10-13-11-17-15-8-4-3-7-14(13)15/h3-4,7-8,11-12,16H,1-2,5-6,9-10H2. The van der Waals surface area contributed by atoms with E-state index in [4.69, 9.17) is 4.42 Å². The minimum absolute atomic E-state index is 0.896. The summed E-state index contributed by atoms with van der Waals surface area (Å²) in [7, 11) is 0. The van der Waals surface area contributed by atoms with Gasteiger partial charge in [-0.25, -0.2) is 0 Å². The van der Waals surface area contributed by atoms with Crippen molar-refractivity contribution in [1.29, 1.82) is 0 Å². The number of benzene rings is 1. The largest absolute Gasteiger partial charge is 0.464 e. The van der Waals surface area contributed by atoms with Crippen LogP contribution in [0.4, 0.5) is 0 Å². The minimum Gasteiger partial charge on any atom is -0.464 e. The molecular formula is C15H19NO. The van der Waals surface area contributed by atoms with E-state index in [0.717, 1.165) is 24.6 Å². The van der Waals surface area contributed by atoms with Gasteiger partial charge in [0.2, 0.25) is 0 Å². The maximum Gasteiger partial charge on any atom is 0.134 e. The summed E-state index contributed by atoms with van der Waals surface area (Å²) in [5.74, 6) is 0.896. The first-order valence-corrected chi connectivity index (χ1v) is 6.59. The highest BCUT2D eigenvalue weighted by Crippen LogP contribution is 2.24. The van der Waals surface area contributed by atoms with Gasteiger partial charge in [0.1, 0.15) is 5.58 Å². The Kier molecular flexibility index (Phi) is 3.14. The molecule has 1 aliphatic rings. The van der Waals surface area contributed by atoms with E-state index in [1.165, 1.54) is 36.6 Å². The molecule has 0 radical (unpaired) electrons. The zero-order valence-corrected chi connectivity index (χ0v) is 10.1. The van der Waals surface area contributed by atoms with Gasteiger partial charge in [-0.1, -0.05) is 31.0 Å². The summed E-state index contributed by atoms with van der Waals surface area (Å²) >= 11 is 0. The van der Waals surface area contributed by atoms with Gasteiger partial charge in [0, 0.05) is 17.5 Å². The van der Waals surface area contributed by atoms with Crippen LogP contribution in [-0.4, -0.2) is 6.54 Å². The lowest BCUT2D eigenvalue weighted by Gasteiger charge is -2.09. The molecule has 2 aromatic rings. The molecule has 2 heteroatoms. The van der Waals surface area contributed by atoms with Gasteiger partial charge in [0.25, 0.3) is 0 Å². The minimum atomic E-state index is 0.896. The number of para-hydroxylation sites is 1. The second-order valence-electron chi connectivity index (χ2n) is 5.04. The van der Waals surface area contributed by atoms with Gasteiger partial charge >= 0.3 is 0 Å². The summed E-state index contributed by atoms with van der Waals surface area (Å²) in [5.41, 5.74) is 2.27. The fourth-order valence-corrected chi connectivity index (χ4v) is 2.80. The van der Waals surface area contributed by atoms with Crippen LogP contribution in [0, 0.1) is 5.92 Å². The predicted octanol–water partition coefficient (Wildman–Crippen LogP) is 3.71. The fourth-order valence-electron chi connectivity index (χ4n) is 2.80. The van der Waals surface area contributed by atoms with Gasteiger partial charge in [-0.3, -0.25) is 0 Å². The number of hydrogen-bond acceptors (Lipinski definition) is 2.